The van der Waals surface area contributed by atoms with Crippen LogP contribution in [0.25, 0.3) is 0 Å². The first kappa shape index (κ1) is 15.4. The molecule has 1 unspecified atom stereocenters. The number of ether oxygens (including phenoxy) is 1. The predicted molar refractivity (Wildman–Crippen MR) is 81.0 cm³/mol. The van der Waals surface area contributed by atoms with Crippen LogP contribution in [0.5, 0.6) is 0 Å². The average Bonchev–Trinajstić information content (AvgIpc) is 2.44. The number of fused-ring (bicyclic) bond motifs is 1. The Hall–Kier alpha value is -1.04. The Morgan fingerprint density at radius 3 is 2.95 bits per heavy atom. The lowest BCUT2D eigenvalue weighted by molar-refractivity contribution is -0.139. The molecule has 0 amide bonds. The van der Waals surface area contributed by atoms with Crippen LogP contribution in [0.15, 0.2) is 24.3 Å². The second-order valence-corrected chi connectivity index (χ2v) is 7.21. The van der Waals surface area contributed by atoms with Crippen LogP contribution < -0.4 is 5.73 Å². The second-order valence-electron chi connectivity index (χ2n) is 5.54. The molecule has 3 N–H and O–H groups in total. The molecule has 1 aliphatic heterocycles. The van der Waals surface area contributed by atoms with Crippen molar-refractivity contribution in [2.45, 2.75) is 37.2 Å². The van der Waals surface area contributed by atoms with Crippen molar-refractivity contribution in [3.63, 3.8) is 0 Å². The van der Waals surface area contributed by atoms with Gasteiger partial charge in [-0.05, 0) is 31.4 Å². The highest BCUT2D eigenvalue weighted by atomic mass is 32.2. The standard InChI is InChI=1S/C15H21NO3S/c1-15(2,13(16)14(17)18)20-9-12-11-6-4-3-5-10(11)7-8-19-12/h3-6,12-13H,7-9,16H2,1-2H3,(H,17,18)/t12?,13-/m1/s1. The molecule has 2 atom stereocenters. The summed E-state index contributed by atoms with van der Waals surface area (Å²) in [5.41, 5.74) is 8.28. The van der Waals surface area contributed by atoms with E-state index in [1.165, 1.54) is 11.1 Å². The first-order valence-electron chi connectivity index (χ1n) is 6.73. The molecule has 4 nitrogen and oxygen atoms in total. The Bertz CT molecular complexity index is 490. The van der Waals surface area contributed by atoms with Crippen LogP contribution in [0.3, 0.4) is 0 Å². The molecule has 20 heavy (non-hydrogen) atoms. The number of hydrogen-bond acceptors (Lipinski definition) is 4. The Labute approximate surface area is 123 Å². The number of benzene rings is 1. The number of carboxylic acids is 1. The number of aliphatic carboxylic acids is 1. The first-order valence-corrected chi connectivity index (χ1v) is 7.72. The SMILES string of the molecule is CC(C)(SCC1OCCc2ccccc21)[C@H](N)C(=O)O. The molecule has 1 aliphatic rings. The van der Waals surface area contributed by atoms with Gasteiger partial charge < -0.3 is 15.6 Å². The van der Waals surface area contributed by atoms with Crippen LogP contribution in [0.4, 0.5) is 0 Å². The van der Waals surface area contributed by atoms with Crippen molar-refractivity contribution in [3.8, 4) is 0 Å². The maximum absolute atomic E-state index is 11.0. The summed E-state index contributed by atoms with van der Waals surface area (Å²) in [6.07, 6.45) is 0.959. The molecule has 1 aromatic rings. The summed E-state index contributed by atoms with van der Waals surface area (Å²) in [6.45, 7) is 4.45. The lowest BCUT2D eigenvalue weighted by Crippen LogP contribution is -2.47. The van der Waals surface area contributed by atoms with Crippen LogP contribution in [0, 0.1) is 0 Å². The highest BCUT2D eigenvalue weighted by molar-refractivity contribution is 8.00. The number of carbonyl (C=O) groups is 1. The van der Waals surface area contributed by atoms with Crippen molar-refractivity contribution in [3.05, 3.63) is 35.4 Å². The van der Waals surface area contributed by atoms with Gasteiger partial charge >= 0.3 is 5.97 Å². The summed E-state index contributed by atoms with van der Waals surface area (Å²) in [5, 5.41) is 9.04. The second kappa shape index (κ2) is 6.16. The Morgan fingerprint density at radius 1 is 1.55 bits per heavy atom. The van der Waals surface area contributed by atoms with Crippen molar-refractivity contribution in [2.75, 3.05) is 12.4 Å². The van der Waals surface area contributed by atoms with E-state index in [1.54, 1.807) is 11.8 Å². The molecule has 0 saturated heterocycles. The van der Waals surface area contributed by atoms with E-state index in [0.29, 0.717) is 12.4 Å². The molecular formula is C15H21NO3S. The van der Waals surface area contributed by atoms with Gasteiger partial charge in [-0.2, -0.15) is 11.8 Å². The van der Waals surface area contributed by atoms with Gasteiger partial charge in [0.2, 0.25) is 0 Å². The minimum Gasteiger partial charge on any atom is -0.480 e. The predicted octanol–water partition coefficient (Wildman–Crippen LogP) is 2.22. The van der Waals surface area contributed by atoms with Gasteiger partial charge in [0.25, 0.3) is 0 Å². The van der Waals surface area contributed by atoms with Crippen molar-refractivity contribution < 1.29 is 14.6 Å². The van der Waals surface area contributed by atoms with E-state index < -0.39 is 16.8 Å². The van der Waals surface area contributed by atoms with E-state index in [0.717, 1.165) is 6.42 Å². The summed E-state index contributed by atoms with van der Waals surface area (Å²) in [6, 6.07) is 7.39. The molecule has 0 aromatic heterocycles. The number of hydrogen-bond donors (Lipinski definition) is 2. The summed E-state index contributed by atoms with van der Waals surface area (Å²) >= 11 is 1.55. The van der Waals surface area contributed by atoms with E-state index >= 15 is 0 Å². The van der Waals surface area contributed by atoms with Gasteiger partial charge in [0.15, 0.2) is 0 Å². The number of rotatable bonds is 5. The molecule has 2 rings (SSSR count). The maximum atomic E-state index is 11.0. The van der Waals surface area contributed by atoms with Crippen molar-refractivity contribution >= 4 is 17.7 Å². The zero-order valence-corrected chi connectivity index (χ0v) is 12.7. The third-order valence-corrected chi connectivity index (χ3v) is 5.18. The summed E-state index contributed by atoms with van der Waals surface area (Å²) in [7, 11) is 0. The topological polar surface area (TPSA) is 72.5 Å². The average molecular weight is 295 g/mol. The zero-order chi connectivity index (χ0) is 14.8. The Kier molecular flexibility index (Phi) is 4.73. The number of thioether (sulfide) groups is 1. The summed E-state index contributed by atoms with van der Waals surface area (Å²) in [4.78, 5) is 11.0. The van der Waals surface area contributed by atoms with Crippen LogP contribution in [-0.2, 0) is 16.0 Å². The van der Waals surface area contributed by atoms with Gasteiger partial charge in [0.05, 0.1) is 12.7 Å². The zero-order valence-electron chi connectivity index (χ0n) is 11.8. The molecule has 110 valence electrons. The molecule has 0 radical (unpaired) electrons. The molecule has 0 bridgehead atoms. The van der Waals surface area contributed by atoms with Gasteiger partial charge in [-0.25, -0.2) is 0 Å². The molecule has 5 heteroatoms. The van der Waals surface area contributed by atoms with Crippen molar-refractivity contribution in [1.29, 1.82) is 0 Å². The first-order chi connectivity index (χ1) is 9.42. The summed E-state index contributed by atoms with van der Waals surface area (Å²) in [5.74, 6) is -0.252. The van der Waals surface area contributed by atoms with Crippen molar-refractivity contribution in [2.24, 2.45) is 5.73 Å². The van der Waals surface area contributed by atoms with E-state index in [2.05, 4.69) is 12.1 Å². The van der Waals surface area contributed by atoms with Gasteiger partial charge in [-0.15, -0.1) is 0 Å². The molecule has 0 aliphatic carbocycles. The fourth-order valence-corrected chi connectivity index (χ4v) is 3.43. The summed E-state index contributed by atoms with van der Waals surface area (Å²) < 4.78 is 5.30. The van der Waals surface area contributed by atoms with Gasteiger partial charge in [0, 0.05) is 10.5 Å². The van der Waals surface area contributed by atoms with Crippen LogP contribution in [-0.4, -0.2) is 34.2 Å². The lowest BCUT2D eigenvalue weighted by Gasteiger charge is -2.32. The molecule has 1 aromatic carbocycles. The third-order valence-electron chi connectivity index (χ3n) is 3.71. The Balaban J connectivity index is 2.04. The molecule has 0 saturated carbocycles. The van der Waals surface area contributed by atoms with E-state index in [1.807, 2.05) is 26.0 Å². The largest absolute Gasteiger partial charge is 0.480 e. The highest BCUT2D eigenvalue weighted by Crippen LogP contribution is 2.35. The van der Waals surface area contributed by atoms with Crippen molar-refractivity contribution in [1.82, 2.24) is 0 Å². The highest BCUT2D eigenvalue weighted by Gasteiger charge is 2.34. The van der Waals surface area contributed by atoms with Crippen LogP contribution in [0.1, 0.15) is 31.1 Å². The maximum Gasteiger partial charge on any atom is 0.321 e. The molecule has 0 fully saturated rings. The third kappa shape index (κ3) is 3.34. The van der Waals surface area contributed by atoms with E-state index in [-0.39, 0.29) is 6.10 Å². The normalized spacial score (nSPS) is 20.2. The lowest BCUT2D eigenvalue weighted by atomic mass is 9.99. The quantitative estimate of drug-likeness (QED) is 0.871. The van der Waals surface area contributed by atoms with Gasteiger partial charge in [-0.1, -0.05) is 24.3 Å². The molecule has 1 heterocycles. The fraction of sp³-hybridized carbons (Fsp3) is 0.533. The molecule has 0 spiro atoms. The van der Waals surface area contributed by atoms with Gasteiger partial charge in [0.1, 0.15) is 6.04 Å². The smallest absolute Gasteiger partial charge is 0.321 e. The minimum absolute atomic E-state index is 0.0187. The van der Waals surface area contributed by atoms with E-state index in [4.69, 9.17) is 15.6 Å². The minimum atomic E-state index is -0.965. The monoisotopic (exact) mass is 295 g/mol. The van der Waals surface area contributed by atoms with Gasteiger partial charge in [-0.3, -0.25) is 4.79 Å². The van der Waals surface area contributed by atoms with Crippen LogP contribution >= 0.6 is 11.8 Å². The Morgan fingerprint density at radius 2 is 2.25 bits per heavy atom. The van der Waals surface area contributed by atoms with E-state index in [9.17, 15) is 4.79 Å². The number of nitrogens with two attached hydrogens (primary N) is 1. The van der Waals surface area contributed by atoms with Crippen LogP contribution in [0.2, 0.25) is 0 Å². The molecular weight excluding hydrogens is 274 g/mol. The fourth-order valence-electron chi connectivity index (χ4n) is 2.29. The number of carboxylic acid groups (broad SMARTS) is 1.